The Morgan fingerprint density at radius 1 is 1.00 bits per heavy atom. The first-order valence-corrected chi connectivity index (χ1v) is 8.31. The van der Waals surface area contributed by atoms with Crippen LogP contribution in [0.4, 0.5) is 11.4 Å². The first-order chi connectivity index (χ1) is 11.2. The molecular weight excluding hydrogens is 284 g/mol. The maximum absolute atomic E-state index is 3.20. The molecule has 0 atom stereocenters. The molecule has 0 radical (unpaired) electrons. The molecule has 23 heavy (non-hydrogen) atoms. The summed E-state index contributed by atoms with van der Waals surface area (Å²) in [5.41, 5.74) is 6.77. The van der Waals surface area contributed by atoms with Crippen molar-refractivity contribution in [2.24, 2.45) is 0 Å². The van der Waals surface area contributed by atoms with Gasteiger partial charge in [-0.05, 0) is 49.0 Å². The lowest BCUT2D eigenvalue weighted by molar-refractivity contribution is 0.328. The van der Waals surface area contributed by atoms with Crippen LogP contribution in [0, 0.1) is 0 Å². The second kappa shape index (κ2) is 5.87. The molecule has 1 fully saturated rings. The molecule has 2 aromatic carbocycles. The van der Waals surface area contributed by atoms with Gasteiger partial charge in [0, 0.05) is 19.6 Å². The number of rotatable bonds is 6. The number of nitrogens with one attached hydrogen (secondary N) is 1. The van der Waals surface area contributed by atoms with Gasteiger partial charge in [0.2, 0.25) is 0 Å². The number of benzene rings is 2. The van der Waals surface area contributed by atoms with Gasteiger partial charge in [0.1, 0.15) is 0 Å². The molecular formula is C19H24N4. The van der Waals surface area contributed by atoms with Crippen LogP contribution in [-0.4, -0.2) is 45.4 Å². The lowest BCUT2D eigenvalue weighted by Crippen LogP contribution is -2.48. The van der Waals surface area contributed by atoms with Gasteiger partial charge >= 0.3 is 0 Å². The van der Waals surface area contributed by atoms with Crippen molar-refractivity contribution in [3.8, 4) is 11.1 Å². The zero-order valence-corrected chi connectivity index (χ0v) is 13.9. The topological polar surface area (TPSA) is 21.8 Å². The van der Waals surface area contributed by atoms with Crippen LogP contribution in [0.25, 0.3) is 11.1 Å². The minimum absolute atomic E-state index is 0.986. The minimum atomic E-state index is 0.986. The van der Waals surface area contributed by atoms with Crippen molar-refractivity contribution >= 4 is 11.4 Å². The summed E-state index contributed by atoms with van der Waals surface area (Å²) in [5.74, 6) is 0. The normalized spacial score (nSPS) is 15.1. The Labute approximate surface area is 138 Å². The maximum Gasteiger partial charge on any atom is 0.0939 e. The summed E-state index contributed by atoms with van der Waals surface area (Å²) in [5, 5.41) is 3.20. The van der Waals surface area contributed by atoms with Gasteiger partial charge in [0.25, 0.3) is 0 Å². The van der Waals surface area contributed by atoms with Crippen LogP contribution in [0.2, 0.25) is 0 Å². The average molecular weight is 308 g/mol. The zero-order chi connectivity index (χ0) is 15.8. The molecule has 3 aliphatic rings. The van der Waals surface area contributed by atoms with E-state index in [2.05, 4.69) is 69.5 Å². The van der Waals surface area contributed by atoms with Crippen LogP contribution in [0.5, 0.6) is 0 Å². The number of nitrogens with zero attached hydrogens (tertiary/aromatic N) is 3. The maximum atomic E-state index is 3.20. The molecule has 5 rings (SSSR count). The summed E-state index contributed by atoms with van der Waals surface area (Å²) in [6, 6.07) is 15.8. The lowest BCUT2D eigenvalue weighted by Gasteiger charge is -2.33. The molecule has 2 bridgehead atoms. The van der Waals surface area contributed by atoms with Crippen molar-refractivity contribution in [3.05, 3.63) is 48.0 Å². The van der Waals surface area contributed by atoms with E-state index in [4.69, 9.17) is 0 Å². The molecule has 3 heterocycles. The molecule has 0 unspecified atom stereocenters. The zero-order valence-electron chi connectivity index (χ0n) is 13.9. The second-order valence-corrected chi connectivity index (χ2v) is 6.61. The molecule has 0 amide bonds. The van der Waals surface area contributed by atoms with Crippen molar-refractivity contribution in [1.82, 2.24) is 10.2 Å². The molecule has 2 aromatic rings. The standard InChI is InChI=1S/C19H24N4/c1-20-8-9-21(2)12-15-4-3-5-16(10-15)17-6-7-18-19(11-17)23-13-22(18)14-23/h3-7,10-11,20H,8-9,12-14H2,1-2H3. The highest BCUT2D eigenvalue weighted by atomic mass is 15.5. The predicted octanol–water partition coefficient (Wildman–Crippen LogP) is 2.56. The number of likely N-dealkylation sites (N-methyl/N-ethyl adjacent to an activating group) is 2. The Bertz CT molecular complexity index is 706. The number of hydrogen-bond acceptors (Lipinski definition) is 4. The van der Waals surface area contributed by atoms with E-state index in [9.17, 15) is 0 Å². The molecule has 1 saturated heterocycles. The van der Waals surface area contributed by atoms with Gasteiger partial charge in [-0.3, -0.25) is 0 Å². The summed E-state index contributed by atoms with van der Waals surface area (Å²) in [6.45, 7) is 5.20. The van der Waals surface area contributed by atoms with Crippen molar-refractivity contribution in [3.63, 3.8) is 0 Å². The minimum Gasteiger partial charge on any atom is -0.334 e. The summed E-state index contributed by atoms with van der Waals surface area (Å²) >= 11 is 0. The monoisotopic (exact) mass is 308 g/mol. The van der Waals surface area contributed by atoms with Crippen LogP contribution in [0.3, 0.4) is 0 Å². The van der Waals surface area contributed by atoms with E-state index in [0.717, 1.165) is 33.0 Å². The molecule has 0 saturated carbocycles. The van der Waals surface area contributed by atoms with Gasteiger partial charge in [0.05, 0.1) is 24.7 Å². The Morgan fingerprint density at radius 3 is 2.61 bits per heavy atom. The third kappa shape index (κ3) is 2.69. The molecule has 1 N–H and O–H groups in total. The summed E-state index contributed by atoms with van der Waals surface area (Å²) in [4.78, 5) is 7.19. The van der Waals surface area contributed by atoms with E-state index in [1.165, 1.54) is 28.1 Å². The highest BCUT2D eigenvalue weighted by Crippen LogP contribution is 2.44. The summed E-state index contributed by atoms with van der Waals surface area (Å²) in [6.07, 6.45) is 0. The Balaban J connectivity index is 1.54. The first-order valence-electron chi connectivity index (χ1n) is 8.31. The smallest absolute Gasteiger partial charge is 0.0939 e. The van der Waals surface area contributed by atoms with E-state index in [0.29, 0.717) is 0 Å². The van der Waals surface area contributed by atoms with Crippen molar-refractivity contribution in [2.75, 3.05) is 50.3 Å². The average Bonchev–Trinajstić information content (AvgIpc) is 3.06. The molecule has 0 aliphatic carbocycles. The Morgan fingerprint density at radius 2 is 1.78 bits per heavy atom. The Hall–Kier alpha value is -2.04. The highest BCUT2D eigenvalue weighted by Gasteiger charge is 2.35. The fourth-order valence-electron chi connectivity index (χ4n) is 3.44. The molecule has 120 valence electrons. The van der Waals surface area contributed by atoms with Gasteiger partial charge in [-0.2, -0.15) is 0 Å². The van der Waals surface area contributed by atoms with Gasteiger partial charge in [-0.1, -0.05) is 24.3 Å². The quantitative estimate of drug-likeness (QED) is 0.885. The summed E-state index contributed by atoms with van der Waals surface area (Å²) < 4.78 is 0. The molecule has 0 spiro atoms. The van der Waals surface area contributed by atoms with Crippen LogP contribution in [-0.2, 0) is 6.54 Å². The van der Waals surface area contributed by atoms with Gasteiger partial charge in [-0.15, -0.1) is 0 Å². The van der Waals surface area contributed by atoms with Crippen molar-refractivity contribution in [2.45, 2.75) is 6.54 Å². The largest absolute Gasteiger partial charge is 0.334 e. The highest BCUT2D eigenvalue weighted by molar-refractivity contribution is 5.86. The van der Waals surface area contributed by atoms with Gasteiger partial charge in [0.15, 0.2) is 0 Å². The van der Waals surface area contributed by atoms with Crippen LogP contribution < -0.4 is 15.1 Å². The van der Waals surface area contributed by atoms with E-state index in [1.54, 1.807) is 0 Å². The van der Waals surface area contributed by atoms with Crippen molar-refractivity contribution < 1.29 is 0 Å². The lowest BCUT2D eigenvalue weighted by atomic mass is 10.0. The van der Waals surface area contributed by atoms with Gasteiger partial charge < -0.3 is 20.0 Å². The van der Waals surface area contributed by atoms with Crippen molar-refractivity contribution in [1.29, 1.82) is 0 Å². The molecule has 3 aliphatic heterocycles. The van der Waals surface area contributed by atoms with Gasteiger partial charge in [-0.25, -0.2) is 0 Å². The van der Waals surface area contributed by atoms with Crippen LogP contribution in [0.15, 0.2) is 42.5 Å². The molecule has 4 nitrogen and oxygen atoms in total. The fourth-order valence-corrected chi connectivity index (χ4v) is 3.44. The molecule has 0 aromatic heterocycles. The third-order valence-electron chi connectivity index (χ3n) is 4.80. The third-order valence-corrected chi connectivity index (χ3v) is 4.80. The molecule has 4 heteroatoms. The van der Waals surface area contributed by atoms with E-state index < -0.39 is 0 Å². The fraction of sp³-hybridized carbons (Fsp3) is 0.368. The predicted molar refractivity (Wildman–Crippen MR) is 96.8 cm³/mol. The van der Waals surface area contributed by atoms with Crippen LogP contribution in [0.1, 0.15) is 5.56 Å². The van der Waals surface area contributed by atoms with E-state index >= 15 is 0 Å². The van der Waals surface area contributed by atoms with E-state index in [-0.39, 0.29) is 0 Å². The first kappa shape index (κ1) is 14.5. The Kier molecular flexibility index (Phi) is 3.71. The second-order valence-electron chi connectivity index (χ2n) is 6.61. The number of hydrogen-bond donors (Lipinski definition) is 1. The number of anilines is 2. The van der Waals surface area contributed by atoms with E-state index in [1.807, 2.05) is 7.05 Å². The van der Waals surface area contributed by atoms with Crippen LogP contribution >= 0.6 is 0 Å². The summed E-state index contributed by atoms with van der Waals surface area (Å²) in [7, 11) is 4.17. The SMILES string of the molecule is CNCCN(C)Cc1cccc(-c2ccc3c(c2)N2CN3C2)c1.